The maximum atomic E-state index is 12.2. The van der Waals surface area contributed by atoms with Crippen LogP contribution in [0.4, 0.5) is 0 Å². The van der Waals surface area contributed by atoms with Gasteiger partial charge in [-0.05, 0) is 25.2 Å². The number of ether oxygens (including phenoxy) is 1. The Morgan fingerprint density at radius 1 is 1.47 bits per heavy atom. The van der Waals surface area contributed by atoms with Crippen LogP contribution >= 0.6 is 0 Å². The highest BCUT2D eigenvalue weighted by molar-refractivity contribution is 5.79. The summed E-state index contributed by atoms with van der Waals surface area (Å²) in [5, 5.41) is 0. The van der Waals surface area contributed by atoms with E-state index in [1.54, 1.807) is 7.11 Å². The minimum absolute atomic E-state index is 0.0268. The van der Waals surface area contributed by atoms with Crippen molar-refractivity contribution in [2.45, 2.75) is 32.6 Å². The predicted molar refractivity (Wildman–Crippen MR) is 68.6 cm³/mol. The topological polar surface area (TPSA) is 55.6 Å². The molecule has 1 aliphatic heterocycles. The Kier molecular flexibility index (Phi) is 6.52. The van der Waals surface area contributed by atoms with Crippen LogP contribution in [0.15, 0.2) is 0 Å². The Bertz CT molecular complexity index is 225. The van der Waals surface area contributed by atoms with E-state index in [0.29, 0.717) is 12.5 Å². The van der Waals surface area contributed by atoms with Gasteiger partial charge in [-0.3, -0.25) is 4.79 Å². The lowest BCUT2D eigenvalue weighted by Gasteiger charge is -2.33. The third-order valence-corrected chi connectivity index (χ3v) is 3.60. The molecule has 17 heavy (non-hydrogen) atoms. The molecule has 2 N–H and O–H groups in total. The molecule has 1 unspecified atom stereocenters. The Morgan fingerprint density at radius 3 is 2.59 bits per heavy atom. The zero-order valence-corrected chi connectivity index (χ0v) is 11.2. The average Bonchev–Trinajstić information content (AvgIpc) is 2.36. The molecule has 0 aromatic heterocycles. The molecule has 0 aromatic carbocycles. The van der Waals surface area contributed by atoms with Crippen LogP contribution in [0.25, 0.3) is 0 Å². The second-order valence-electron chi connectivity index (χ2n) is 4.95. The van der Waals surface area contributed by atoms with Gasteiger partial charge in [-0.1, -0.05) is 13.3 Å². The first-order chi connectivity index (χ1) is 8.22. The van der Waals surface area contributed by atoms with Gasteiger partial charge in [0, 0.05) is 33.4 Å². The number of nitrogens with two attached hydrogens (primary N) is 1. The van der Waals surface area contributed by atoms with Gasteiger partial charge in [0.05, 0.1) is 5.92 Å². The normalized spacial score (nSPS) is 19.4. The summed E-state index contributed by atoms with van der Waals surface area (Å²) in [6.45, 7) is 5.13. The summed E-state index contributed by atoms with van der Waals surface area (Å²) in [7, 11) is 1.74. The number of hydrogen-bond acceptors (Lipinski definition) is 3. The van der Waals surface area contributed by atoms with E-state index >= 15 is 0 Å². The van der Waals surface area contributed by atoms with Crippen molar-refractivity contribution in [1.82, 2.24) is 4.90 Å². The zero-order chi connectivity index (χ0) is 12.7. The second-order valence-corrected chi connectivity index (χ2v) is 4.95. The molecule has 4 nitrogen and oxygen atoms in total. The van der Waals surface area contributed by atoms with Crippen molar-refractivity contribution in [1.29, 1.82) is 0 Å². The first kappa shape index (κ1) is 14.5. The summed E-state index contributed by atoms with van der Waals surface area (Å²) in [5.74, 6) is 0.899. The standard InChI is InChI=1S/C13H26N2O2/c1-3-4-12(9-14)13(16)15-7-5-11(6-8-15)10-17-2/h11-12H,3-10,14H2,1-2H3. The van der Waals surface area contributed by atoms with Crippen LogP contribution in [-0.4, -0.2) is 44.2 Å². The highest BCUT2D eigenvalue weighted by Crippen LogP contribution is 2.20. The van der Waals surface area contributed by atoms with E-state index in [-0.39, 0.29) is 11.8 Å². The van der Waals surface area contributed by atoms with Crippen molar-refractivity contribution < 1.29 is 9.53 Å². The lowest BCUT2D eigenvalue weighted by Crippen LogP contribution is -2.44. The van der Waals surface area contributed by atoms with Crippen LogP contribution in [0.3, 0.4) is 0 Å². The molecule has 1 heterocycles. The summed E-state index contributed by atoms with van der Waals surface area (Å²) < 4.78 is 5.16. The first-order valence-corrected chi connectivity index (χ1v) is 6.70. The lowest BCUT2D eigenvalue weighted by molar-refractivity contribution is -0.137. The number of nitrogens with zero attached hydrogens (tertiary/aromatic N) is 1. The molecular formula is C13H26N2O2. The monoisotopic (exact) mass is 242 g/mol. The van der Waals surface area contributed by atoms with Gasteiger partial charge in [0.25, 0.3) is 0 Å². The van der Waals surface area contributed by atoms with E-state index in [4.69, 9.17) is 10.5 Å². The Morgan fingerprint density at radius 2 is 2.12 bits per heavy atom. The summed E-state index contributed by atoms with van der Waals surface area (Å²) >= 11 is 0. The fraction of sp³-hybridized carbons (Fsp3) is 0.923. The van der Waals surface area contributed by atoms with Crippen molar-refractivity contribution in [3.63, 3.8) is 0 Å². The number of carbonyl (C=O) groups is 1. The number of piperidine rings is 1. The molecule has 1 amide bonds. The maximum Gasteiger partial charge on any atom is 0.226 e. The number of methoxy groups -OCH3 is 1. The molecular weight excluding hydrogens is 216 g/mol. The van der Waals surface area contributed by atoms with Gasteiger partial charge >= 0.3 is 0 Å². The highest BCUT2D eigenvalue weighted by atomic mass is 16.5. The van der Waals surface area contributed by atoms with Crippen molar-refractivity contribution in [2.24, 2.45) is 17.6 Å². The second kappa shape index (κ2) is 7.67. The van der Waals surface area contributed by atoms with Gasteiger partial charge in [0.1, 0.15) is 0 Å². The predicted octanol–water partition coefficient (Wildman–Crippen LogP) is 1.25. The molecule has 1 fully saturated rings. The summed E-state index contributed by atoms with van der Waals surface area (Å²) in [5.41, 5.74) is 5.67. The summed E-state index contributed by atoms with van der Waals surface area (Å²) in [4.78, 5) is 14.2. The first-order valence-electron chi connectivity index (χ1n) is 6.70. The molecule has 4 heteroatoms. The van der Waals surface area contributed by atoms with E-state index in [1.807, 2.05) is 4.90 Å². The Balaban J connectivity index is 2.39. The molecule has 1 rings (SSSR count). The van der Waals surface area contributed by atoms with Gasteiger partial charge < -0.3 is 15.4 Å². The number of likely N-dealkylation sites (tertiary alicyclic amines) is 1. The highest BCUT2D eigenvalue weighted by Gasteiger charge is 2.26. The summed E-state index contributed by atoms with van der Waals surface area (Å²) in [6, 6.07) is 0. The summed E-state index contributed by atoms with van der Waals surface area (Å²) in [6.07, 6.45) is 4.05. The Labute approximate surface area is 104 Å². The van der Waals surface area contributed by atoms with Gasteiger partial charge in [-0.2, -0.15) is 0 Å². The minimum Gasteiger partial charge on any atom is -0.384 e. The van der Waals surface area contributed by atoms with Gasteiger partial charge in [-0.25, -0.2) is 0 Å². The quantitative estimate of drug-likeness (QED) is 0.762. The van der Waals surface area contributed by atoms with Gasteiger partial charge in [0.2, 0.25) is 5.91 Å². The van der Waals surface area contributed by atoms with Gasteiger partial charge in [0.15, 0.2) is 0 Å². The van der Waals surface area contributed by atoms with Crippen LogP contribution in [0.5, 0.6) is 0 Å². The minimum atomic E-state index is 0.0268. The van der Waals surface area contributed by atoms with Crippen molar-refractivity contribution in [2.75, 3.05) is 33.4 Å². The van der Waals surface area contributed by atoms with E-state index in [9.17, 15) is 4.79 Å². The number of hydrogen-bond donors (Lipinski definition) is 1. The molecule has 0 radical (unpaired) electrons. The van der Waals surface area contributed by atoms with Crippen LogP contribution in [-0.2, 0) is 9.53 Å². The molecule has 0 aliphatic carbocycles. The van der Waals surface area contributed by atoms with Gasteiger partial charge in [-0.15, -0.1) is 0 Å². The SMILES string of the molecule is CCCC(CN)C(=O)N1CCC(COC)CC1. The van der Waals surface area contributed by atoms with E-state index in [1.165, 1.54) is 0 Å². The van der Waals surface area contributed by atoms with Crippen LogP contribution < -0.4 is 5.73 Å². The fourth-order valence-corrected chi connectivity index (χ4v) is 2.50. The average molecular weight is 242 g/mol. The molecule has 0 saturated carbocycles. The van der Waals surface area contributed by atoms with Crippen LogP contribution in [0, 0.1) is 11.8 Å². The third-order valence-electron chi connectivity index (χ3n) is 3.60. The van der Waals surface area contributed by atoms with Crippen molar-refractivity contribution in [3.8, 4) is 0 Å². The molecule has 0 spiro atoms. The number of amides is 1. The van der Waals surface area contributed by atoms with Crippen LogP contribution in [0.1, 0.15) is 32.6 Å². The Hall–Kier alpha value is -0.610. The molecule has 1 saturated heterocycles. The van der Waals surface area contributed by atoms with Crippen molar-refractivity contribution >= 4 is 5.91 Å². The van der Waals surface area contributed by atoms with Crippen LogP contribution in [0.2, 0.25) is 0 Å². The lowest BCUT2D eigenvalue weighted by atomic mass is 9.95. The fourth-order valence-electron chi connectivity index (χ4n) is 2.50. The zero-order valence-electron chi connectivity index (χ0n) is 11.2. The number of rotatable bonds is 6. The smallest absolute Gasteiger partial charge is 0.226 e. The molecule has 0 bridgehead atoms. The molecule has 100 valence electrons. The third kappa shape index (κ3) is 4.28. The molecule has 1 aliphatic rings. The molecule has 0 aromatic rings. The largest absolute Gasteiger partial charge is 0.384 e. The van der Waals surface area contributed by atoms with E-state index in [0.717, 1.165) is 45.4 Å². The van der Waals surface area contributed by atoms with E-state index in [2.05, 4.69) is 6.92 Å². The number of carbonyl (C=O) groups excluding carboxylic acids is 1. The molecule has 1 atom stereocenters. The van der Waals surface area contributed by atoms with Crippen molar-refractivity contribution in [3.05, 3.63) is 0 Å². The maximum absolute atomic E-state index is 12.2. The van der Waals surface area contributed by atoms with E-state index < -0.39 is 0 Å².